The van der Waals surface area contributed by atoms with Crippen LogP contribution < -0.4 is 10.1 Å². The minimum absolute atomic E-state index is 0.0243. The second-order valence-corrected chi connectivity index (χ2v) is 7.20. The number of nitrogens with one attached hydrogen (secondary N) is 1. The average molecular weight is 417 g/mol. The molecule has 0 saturated carbocycles. The summed E-state index contributed by atoms with van der Waals surface area (Å²) >= 11 is 3.38. The van der Waals surface area contributed by atoms with Crippen LogP contribution in [0, 0.1) is 5.92 Å². The molecule has 2 aromatic rings. The lowest BCUT2D eigenvalue weighted by molar-refractivity contribution is -0.136. The van der Waals surface area contributed by atoms with Gasteiger partial charge in [-0.2, -0.15) is 0 Å². The van der Waals surface area contributed by atoms with Crippen LogP contribution in [-0.2, 0) is 9.59 Å². The number of rotatable bonds is 5. The molecule has 0 aliphatic carbocycles. The van der Waals surface area contributed by atoms with Crippen LogP contribution in [-0.4, -0.2) is 36.4 Å². The summed E-state index contributed by atoms with van der Waals surface area (Å²) in [6, 6.07) is 16.8. The van der Waals surface area contributed by atoms with Gasteiger partial charge in [0, 0.05) is 23.2 Å². The Morgan fingerprint density at radius 2 is 1.96 bits per heavy atom. The van der Waals surface area contributed by atoms with Gasteiger partial charge < -0.3 is 15.0 Å². The zero-order valence-electron chi connectivity index (χ0n) is 14.4. The number of para-hydroxylation sites is 1. The normalized spacial score (nSPS) is 16.8. The largest absolute Gasteiger partial charge is 0.484 e. The van der Waals surface area contributed by atoms with E-state index in [1.54, 1.807) is 4.90 Å². The van der Waals surface area contributed by atoms with Crippen LogP contribution in [0.1, 0.15) is 12.8 Å². The zero-order valence-corrected chi connectivity index (χ0v) is 15.9. The number of hydrogen-bond acceptors (Lipinski definition) is 3. The quantitative estimate of drug-likeness (QED) is 0.807. The van der Waals surface area contributed by atoms with Gasteiger partial charge in [-0.25, -0.2) is 0 Å². The third-order valence-corrected chi connectivity index (χ3v) is 4.84. The molecule has 0 spiro atoms. The van der Waals surface area contributed by atoms with Crippen LogP contribution in [0.5, 0.6) is 5.75 Å². The second-order valence-electron chi connectivity index (χ2n) is 6.28. The number of halogens is 1. The second kappa shape index (κ2) is 8.85. The summed E-state index contributed by atoms with van der Waals surface area (Å²) in [5, 5.41) is 2.92. The smallest absolute Gasteiger partial charge is 0.260 e. The summed E-state index contributed by atoms with van der Waals surface area (Å²) in [6.45, 7) is 1.07. The molecule has 1 saturated heterocycles. The molecule has 26 heavy (non-hydrogen) atoms. The molecule has 136 valence electrons. The van der Waals surface area contributed by atoms with Crippen molar-refractivity contribution in [3.63, 3.8) is 0 Å². The Morgan fingerprint density at radius 1 is 1.15 bits per heavy atom. The van der Waals surface area contributed by atoms with Crippen molar-refractivity contribution < 1.29 is 14.3 Å². The molecule has 1 aliphatic heterocycles. The Labute approximate surface area is 161 Å². The number of nitrogens with zero attached hydrogens (tertiary/aromatic N) is 1. The van der Waals surface area contributed by atoms with Crippen molar-refractivity contribution in [2.45, 2.75) is 12.8 Å². The first-order chi connectivity index (χ1) is 12.6. The van der Waals surface area contributed by atoms with Crippen molar-refractivity contribution in [3.05, 3.63) is 59.1 Å². The van der Waals surface area contributed by atoms with Gasteiger partial charge in [-0.05, 0) is 43.2 Å². The number of piperidine rings is 1. The van der Waals surface area contributed by atoms with E-state index in [0.29, 0.717) is 18.8 Å². The zero-order chi connectivity index (χ0) is 18.4. The lowest BCUT2D eigenvalue weighted by Gasteiger charge is -2.32. The first-order valence-corrected chi connectivity index (χ1v) is 9.43. The van der Waals surface area contributed by atoms with Gasteiger partial charge in [0.2, 0.25) is 5.91 Å². The Morgan fingerprint density at radius 3 is 2.73 bits per heavy atom. The first-order valence-electron chi connectivity index (χ1n) is 8.64. The molecular formula is C20H21BrN2O3. The monoisotopic (exact) mass is 416 g/mol. The fourth-order valence-corrected chi connectivity index (χ4v) is 3.35. The number of carbonyl (C=O) groups excluding carboxylic acids is 2. The summed E-state index contributed by atoms with van der Waals surface area (Å²) < 4.78 is 6.47. The summed E-state index contributed by atoms with van der Waals surface area (Å²) in [5.74, 6) is 0.311. The molecular weight excluding hydrogens is 396 g/mol. The molecule has 2 amide bonds. The summed E-state index contributed by atoms with van der Waals surface area (Å²) in [5.41, 5.74) is 0.777. The lowest BCUT2D eigenvalue weighted by Crippen LogP contribution is -2.45. The Hall–Kier alpha value is -2.34. The van der Waals surface area contributed by atoms with Crippen LogP contribution in [0.25, 0.3) is 0 Å². The van der Waals surface area contributed by atoms with Crippen LogP contribution in [0.15, 0.2) is 59.1 Å². The SMILES string of the molecule is O=C(Nc1ccccc1)[C@@H]1CCCN(C(=O)COc2cccc(Br)c2)C1. The fraction of sp³-hybridized carbons (Fsp3) is 0.300. The highest BCUT2D eigenvalue weighted by Gasteiger charge is 2.28. The van der Waals surface area contributed by atoms with Crippen LogP contribution in [0.2, 0.25) is 0 Å². The van der Waals surface area contributed by atoms with Gasteiger partial charge in [0.25, 0.3) is 5.91 Å². The molecule has 6 heteroatoms. The third-order valence-electron chi connectivity index (χ3n) is 4.34. The standard InChI is InChI=1S/C20H21BrN2O3/c21-16-7-4-10-18(12-16)26-14-19(24)23-11-5-6-15(13-23)20(25)22-17-8-2-1-3-9-17/h1-4,7-10,12,15H,5-6,11,13-14H2,(H,22,25)/t15-/m1/s1. The number of anilines is 1. The lowest BCUT2D eigenvalue weighted by atomic mass is 9.97. The van der Waals surface area contributed by atoms with Crippen molar-refractivity contribution in [3.8, 4) is 5.75 Å². The maximum atomic E-state index is 12.5. The number of carbonyl (C=O) groups is 2. The molecule has 0 unspecified atom stereocenters. The Bertz CT molecular complexity index is 767. The number of amides is 2. The van der Waals surface area contributed by atoms with E-state index in [0.717, 1.165) is 23.0 Å². The van der Waals surface area contributed by atoms with Crippen molar-refractivity contribution in [2.24, 2.45) is 5.92 Å². The van der Waals surface area contributed by atoms with E-state index < -0.39 is 0 Å². The maximum absolute atomic E-state index is 12.5. The maximum Gasteiger partial charge on any atom is 0.260 e. The van der Waals surface area contributed by atoms with Crippen LogP contribution in [0.4, 0.5) is 5.69 Å². The predicted octanol–water partition coefficient (Wildman–Crippen LogP) is 3.71. The molecule has 2 aromatic carbocycles. The molecule has 1 heterocycles. The van der Waals surface area contributed by atoms with Crippen molar-refractivity contribution >= 4 is 33.4 Å². The van der Waals surface area contributed by atoms with Crippen molar-refractivity contribution in [2.75, 3.05) is 25.0 Å². The molecule has 0 bridgehead atoms. The van der Waals surface area contributed by atoms with E-state index >= 15 is 0 Å². The van der Waals surface area contributed by atoms with Gasteiger partial charge in [-0.15, -0.1) is 0 Å². The number of benzene rings is 2. The molecule has 5 nitrogen and oxygen atoms in total. The van der Waals surface area contributed by atoms with E-state index in [2.05, 4.69) is 21.2 Å². The van der Waals surface area contributed by atoms with E-state index in [4.69, 9.17) is 4.74 Å². The molecule has 0 aromatic heterocycles. The predicted molar refractivity (Wildman–Crippen MR) is 104 cm³/mol. The highest BCUT2D eigenvalue weighted by molar-refractivity contribution is 9.10. The highest BCUT2D eigenvalue weighted by atomic mass is 79.9. The summed E-state index contributed by atoms with van der Waals surface area (Å²) in [4.78, 5) is 26.6. The molecule has 1 atom stereocenters. The van der Waals surface area contributed by atoms with Gasteiger partial charge in [-0.3, -0.25) is 9.59 Å². The number of hydrogen-bond donors (Lipinski definition) is 1. The molecule has 1 N–H and O–H groups in total. The average Bonchev–Trinajstić information content (AvgIpc) is 2.67. The van der Waals surface area contributed by atoms with Crippen molar-refractivity contribution in [1.29, 1.82) is 0 Å². The van der Waals surface area contributed by atoms with Gasteiger partial charge in [0.1, 0.15) is 5.75 Å². The summed E-state index contributed by atoms with van der Waals surface area (Å²) in [6.07, 6.45) is 1.60. The number of likely N-dealkylation sites (tertiary alicyclic amines) is 1. The molecule has 1 aliphatic rings. The van der Waals surface area contributed by atoms with Gasteiger partial charge in [-0.1, -0.05) is 40.2 Å². The van der Waals surface area contributed by atoms with E-state index in [1.165, 1.54) is 0 Å². The van der Waals surface area contributed by atoms with Gasteiger partial charge >= 0.3 is 0 Å². The first kappa shape index (κ1) is 18.5. The fourth-order valence-electron chi connectivity index (χ4n) is 2.98. The Balaban J connectivity index is 1.52. The molecule has 3 rings (SSSR count). The minimum Gasteiger partial charge on any atom is -0.484 e. The highest BCUT2D eigenvalue weighted by Crippen LogP contribution is 2.20. The van der Waals surface area contributed by atoms with Gasteiger partial charge in [0.15, 0.2) is 6.61 Å². The van der Waals surface area contributed by atoms with Crippen LogP contribution >= 0.6 is 15.9 Å². The van der Waals surface area contributed by atoms with E-state index in [-0.39, 0.29) is 24.3 Å². The molecule has 1 fully saturated rings. The number of ether oxygens (including phenoxy) is 1. The Kier molecular flexibility index (Phi) is 6.28. The minimum atomic E-state index is -0.196. The topological polar surface area (TPSA) is 58.6 Å². The molecule has 0 radical (unpaired) electrons. The van der Waals surface area contributed by atoms with Gasteiger partial charge in [0.05, 0.1) is 5.92 Å². The van der Waals surface area contributed by atoms with E-state index in [9.17, 15) is 9.59 Å². The van der Waals surface area contributed by atoms with Crippen molar-refractivity contribution in [1.82, 2.24) is 4.90 Å². The summed E-state index contributed by atoms with van der Waals surface area (Å²) in [7, 11) is 0. The van der Waals surface area contributed by atoms with Crippen LogP contribution in [0.3, 0.4) is 0 Å². The third kappa shape index (κ3) is 5.08. The van der Waals surface area contributed by atoms with E-state index in [1.807, 2.05) is 54.6 Å².